The summed E-state index contributed by atoms with van der Waals surface area (Å²) in [7, 11) is 0. The normalized spacial score (nSPS) is 12.6. The van der Waals surface area contributed by atoms with Gasteiger partial charge in [-0.3, -0.25) is 4.79 Å². The fraction of sp³-hybridized carbons (Fsp3) is 0.0625. The molecule has 2 aromatic rings. The highest BCUT2D eigenvalue weighted by Crippen LogP contribution is 2.32. The molecule has 4 nitrogen and oxygen atoms in total. The number of carbonyl (C=O) groups excluding carboxylic acids is 1. The monoisotopic (exact) mass is 345 g/mol. The highest BCUT2D eigenvalue weighted by atomic mass is 79.9. The molecule has 0 aliphatic carbocycles. The van der Waals surface area contributed by atoms with E-state index in [9.17, 15) is 4.79 Å². The Balaban J connectivity index is 1.67. The van der Waals surface area contributed by atoms with Gasteiger partial charge in [0.25, 0.3) is 0 Å². The first kappa shape index (κ1) is 13.7. The number of rotatable bonds is 4. The van der Waals surface area contributed by atoms with Crippen molar-refractivity contribution in [1.29, 1.82) is 0 Å². The summed E-state index contributed by atoms with van der Waals surface area (Å²) in [6, 6.07) is 12.8. The molecule has 3 rings (SSSR count). The second kappa shape index (κ2) is 6.01. The van der Waals surface area contributed by atoms with E-state index >= 15 is 0 Å². The molecule has 0 atom stereocenters. The second-order valence-electron chi connectivity index (χ2n) is 4.42. The molecule has 0 bridgehead atoms. The predicted octanol–water partition coefficient (Wildman–Crippen LogP) is 3.99. The van der Waals surface area contributed by atoms with Gasteiger partial charge in [0.05, 0.1) is 0 Å². The van der Waals surface area contributed by atoms with Gasteiger partial charge in [0.15, 0.2) is 17.3 Å². The van der Waals surface area contributed by atoms with E-state index in [0.29, 0.717) is 17.1 Å². The lowest BCUT2D eigenvalue weighted by Gasteiger charge is -2.01. The Hall–Kier alpha value is -2.27. The van der Waals surface area contributed by atoms with E-state index in [4.69, 9.17) is 9.47 Å². The van der Waals surface area contributed by atoms with Crippen molar-refractivity contribution in [2.75, 3.05) is 12.1 Å². The highest BCUT2D eigenvalue weighted by molar-refractivity contribution is 9.10. The molecule has 0 aromatic heterocycles. The number of ketones is 1. The Kier molecular flexibility index (Phi) is 3.92. The van der Waals surface area contributed by atoms with E-state index in [1.165, 1.54) is 6.08 Å². The minimum Gasteiger partial charge on any atom is -0.454 e. The average molecular weight is 346 g/mol. The van der Waals surface area contributed by atoms with Crippen LogP contribution in [0.25, 0.3) is 0 Å². The third-order valence-corrected chi connectivity index (χ3v) is 3.46. The van der Waals surface area contributed by atoms with Crippen molar-refractivity contribution in [3.05, 3.63) is 64.8 Å². The molecule has 1 N–H and O–H groups in total. The zero-order valence-corrected chi connectivity index (χ0v) is 12.6. The molecular weight excluding hydrogens is 334 g/mol. The molecule has 0 saturated heterocycles. The smallest absolute Gasteiger partial charge is 0.231 e. The van der Waals surface area contributed by atoms with E-state index < -0.39 is 0 Å². The van der Waals surface area contributed by atoms with Gasteiger partial charge in [0, 0.05) is 28.0 Å². The molecular formula is C16H12BrNO3. The SMILES string of the molecule is O=C(/C=C/Nc1cccc(Br)c1)c1ccc2c(c1)OCO2. The Morgan fingerprint density at radius 2 is 2.00 bits per heavy atom. The first-order valence-electron chi connectivity index (χ1n) is 6.35. The third-order valence-electron chi connectivity index (χ3n) is 2.97. The number of ether oxygens (including phenoxy) is 2. The van der Waals surface area contributed by atoms with Crippen LogP contribution in [0.3, 0.4) is 0 Å². The van der Waals surface area contributed by atoms with Gasteiger partial charge in [0.1, 0.15) is 0 Å². The van der Waals surface area contributed by atoms with E-state index in [1.807, 2.05) is 24.3 Å². The van der Waals surface area contributed by atoms with Crippen LogP contribution in [0.2, 0.25) is 0 Å². The van der Waals surface area contributed by atoms with Crippen LogP contribution in [0.5, 0.6) is 11.5 Å². The number of benzene rings is 2. The van der Waals surface area contributed by atoms with E-state index in [1.54, 1.807) is 24.4 Å². The summed E-state index contributed by atoms with van der Waals surface area (Å²) in [6.07, 6.45) is 3.10. The van der Waals surface area contributed by atoms with Crippen molar-refractivity contribution in [2.24, 2.45) is 0 Å². The molecule has 21 heavy (non-hydrogen) atoms. The van der Waals surface area contributed by atoms with Crippen LogP contribution >= 0.6 is 15.9 Å². The lowest BCUT2D eigenvalue weighted by Crippen LogP contribution is -1.96. The predicted molar refractivity (Wildman–Crippen MR) is 83.8 cm³/mol. The molecule has 106 valence electrons. The molecule has 0 amide bonds. The van der Waals surface area contributed by atoms with Crippen molar-refractivity contribution in [3.8, 4) is 11.5 Å². The van der Waals surface area contributed by atoms with Crippen molar-refractivity contribution in [2.45, 2.75) is 0 Å². The van der Waals surface area contributed by atoms with Crippen LogP contribution < -0.4 is 14.8 Å². The van der Waals surface area contributed by atoms with Crippen molar-refractivity contribution >= 4 is 27.4 Å². The van der Waals surface area contributed by atoms with Crippen molar-refractivity contribution in [3.63, 3.8) is 0 Å². The standard InChI is InChI=1S/C16H12BrNO3/c17-12-2-1-3-13(9-12)18-7-6-14(19)11-4-5-15-16(8-11)21-10-20-15/h1-9,18H,10H2/b7-6+. The Labute approximate surface area is 130 Å². The van der Waals surface area contributed by atoms with Gasteiger partial charge in [-0.05, 0) is 36.4 Å². The Bertz CT molecular complexity index is 712. The lowest BCUT2D eigenvalue weighted by atomic mass is 10.1. The number of hydrogen-bond donors (Lipinski definition) is 1. The molecule has 0 fully saturated rings. The largest absolute Gasteiger partial charge is 0.454 e. The molecule has 2 aromatic carbocycles. The maximum atomic E-state index is 12.1. The molecule has 0 unspecified atom stereocenters. The Morgan fingerprint density at radius 3 is 2.86 bits per heavy atom. The molecule has 1 aliphatic heterocycles. The van der Waals surface area contributed by atoms with Crippen LogP contribution in [-0.4, -0.2) is 12.6 Å². The van der Waals surface area contributed by atoms with Gasteiger partial charge < -0.3 is 14.8 Å². The number of halogens is 1. The van der Waals surface area contributed by atoms with Crippen LogP contribution in [0.15, 0.2) is 59.2 Å². The number of anilines is 1. The molecule has 0 spiro atoms. The van der Waals surface area contributed by atoms with Gasteiger partial charge in [-0.25, -0.2) is 0 Å². The first-order chi connectivity index (χ1) is 10.2. The maximum absolute atomic E-state index is 12.1. The summed E-state index contributed by atoms with van der Waals surface area (Å²) >= 11 is 3.39. The minimum atomic E-state index is -0.101. The van der Waals surface area contributed by atoms with Gasteiger partial charge >= 0.3 is 0 Å². The van der Waals surface area contributed by atoms with Crippen LogP contribution in [0, 0.1) is 0 Å². The fourth-order valence-electron chi connectivity index (χ4n) is 1.94. The number of fused-ring (bicyclic) bond motifs is 1. The van der Waals surface area contributed by atoms with Crippen LogP contribution in [0.4, 0.5) is 5.69 Å². The van der Waals surface area contributed by atoms with Gasteiger partial charge in [-0.1, -0.05) is 22.0 Å². The van der Waals surface area contributed by atoms with Crippen molar-refractivity contribution in [1.82, 2.24) is 0 Å². The number of hydrogen-bond acceptors (Lipinski definition) is 4. The Morgan fingerprint density at radius 1 is 1.14 bits per heavy atom. The molecule has 1 heterocycles. The summed E-state index contributed by atoms with van der Waals surface area (Å²) < 4.78 is 11.4. The van der Waals surface area contributed by atoms with Gasteiger partial charge in [-0.2, -0.15) is 0 Å². The average Bonchev–Trinajstić information content (AvgIpc) is 2.94. The summed E-state index contributed by atoms with van der Waals surface area (Å²) in [5.41, 5.74) is 1.46. The first-order valence-corrected chi connectivity index (χ1v) is 7.14. The number of carbonyl (C=O) groups is 1. The molecule has 0 saturated carbocycles. The van der Waals surface area contributed by atoms with E-state index in [-0.39, 0.29) is 12.6 Å². The fourth-order valence-corrected chi connectivity index (χ4v) is 2.34. The minimum absolute atomic E-state index is 0.101. The molecule has 1 aliphatic rings. The van der Waals surface area contributed by atoms with Gasteiger partial charge in [0.2, 0.25) is 6.79 Å². The van der Waals surface area contributed by atoms with Crippen LogP contribution in [-0.2, 0) is 0 Å². The zero-order valence-electron chi connectivity index (χ0n) is 11.0. The number of allylic oxidation sites excluding steroid dienone is 1. The summed E-state index contributed by atoms with van der Waals surface area (Å²) in [6.45, 7) is 0.202. The summed E-state index contributed by atoms with van der Waals surface area (Å²) in [5, 5.41) is 3.05. The zero-order chi connectivity index (χ0) is 14.7. The van der Waals surface area contributed by atoms with Crippen molar-refractivity contribution < 1.29 is 14.3 Å². The van der Waals surface area contributed by atoms with E-state index in [2.05, 4.69) is 21.2 Å². The molecule has 0 radical (unpaired) electrons. The summed E-state index contributed by atoms with van der Waals surface area (Å²) in [5.74, 6) is 1.17. The quantitative estimate of drug-likeness (QED) is 0.672. The maximum Gasteiger partial charge on any atom is 0.231 e. The number of nitrogens with one attached hydrogen (secondary N) is 1. The summed E-state index contributed by atoms with van der Waals surface area (Å²) in [4.78, 5) is 12.1. The van der Waals surface area contributed by atoms with Gasteiger partial charge in [-0.15, -0.1) is 0 Å². The second-order valence-corrected chi connectivity index (χ2v) is 5.34. The third kappa shape index (κ3) is 3.25. The topological polar surface area (TPSA) is 47.6 Å². The highest BCUT2D eigenvalue weighted by Gasteiger charge is 2.14. The van der Waals surface area contributed by atoms with Crippen LogP contribution in [0.1, 0.15) is 10.4 Å². The lowest BCUT2D eigenvalue weighted by molar-refractivity contribution is 0.104. The van der Waals surface area contributed by atoms with E-state index in [0.717, 1.165) is 10.2 Å². The molecule has 5 heteroatoms.